The van der Waals surface area contributed by atoms with E-state index in [4.69, 9.17) is 4.55 Å². The lowest BCUT2D eigenvalue weighted by atomic mass is 10.1. The standard InChI is InChI=1S/C9H18O3S/c1-2-3-4-5-6-7-8-9-12-13(10)11/h8-9H,2-7H2,1H3,(H,10,11). The quantitative estimate of drug-likeness (QED) is 0.377. The van der Waals surface area contributed by atoms with E-state index in [9.17, 15) is 4.21 Å². The molecule has 0 aromatic heterocycles. The number of unbranched alkanes of at least 4 members (excludes halogenated alkanes) is 5. The highest BCUT2D eigenvalue weighted by Gasteiger charge is 1.87. The Hall–Kier alpha value is -0.350. The average Bonchev–Trinajstić information content (AvgIpc) is 2.09. The van der Waals surface area contributed by atoms with Crippen molar-refractivity contribution >= 4 is 11.4 Å². The van der Waals surface area contributed by atoms with Crippen molar-refractivity contribution in [1.82, 2.24) is 0 Å². The van der Waals surface area contributed by atoms with Crippen LogP contribution in [0.15, 0.2) is 12.3 Å². The van der Waals surface area contributed by atoms with Crippen molar-refractivity contribution in [2.24, 2.45) is 0 Å². The van der Waals surface area contributed by atoms with Gasteiger partial charge in [-0.05, 0) is 18.9 Å². The predicted octanol–water partition coefficient (Wildman–Crippen LogP) is 3.01. The molecule has 4 heteroatoms. The Labute approximate surface area is 82.7 Å². The molecule has 13 heavy (non-hydrogen) atoms. The van der Waals surface area contributed by atoms with Crippen molar-refractivity contribution < 1.29 is 12.9 Å². The van der Waals surface area contributed by atoms with Crippen molar-refractivity contribution in [3.63, 3.8) is 0 Å². The van der Waals surface area contributed by atoms with E-state index in [2.05, 4.69) is 11.1 Å². The number of hydrogen-bond acceptors (Lipinski definition) is 2. The minimum Gasteiger partial charge on any atom is -0.388 e. The predicted molar refractivity (Wildman–Crippen MR) is 54.4 cm³/mol. The van der Waals surface area contributed by atoms with Crippen LogP contribution in [-0.2, 0) is 15.5 Å². The molecular formula is C9H18O3S. The molecular weight excluding hydrogens is 188 g/mol. The van der Waals surface area contributed by atoms with E-state index in [1.54, 1.807) is 6.08 Å². The summed E-state index contributed by atoms with van der Waals surface area (Å²) in [4.78, 5) is 0. The molecule has 0 aromatic carbocycles. The van der Waals surface area contributed by atoms with Crippen molar-refractivity contribution in [1.29, 1.82) is 0 Å². The molecule has 1 N–H and O–H groups in total. The SMILES string of the molecule is CCCCCCCC=COS(=O)O. The Balaban J connectivity index is 3.06. The lowest BCUT2D eigenvalue weighted by Gasteiger charge is -1.95. The van der Waals surface area contributed by atoms with E-state index in [-0.39, 0.29) is 0 Å². The third kappa shape index (κ3) is 11.7. The molecule has 0 saturated carbocycles. The van der Waals surface area contributed by atoms with Crippen molar-refractivity contribution in [3.05, 3.63) is 12.3 Å². The normalized spacial score (nSPS) is 13.4. The summed E-state index contributed by atoms with van der Waals surface area (Å²) >= 11 is -2.16. The monoisotopic (exact) mass is 206 g/mol. The van der Waals surface area contributed by atoms with E-state index >= 15 is 0 Å². The molecule has 0 amide bonds. The zero-order valence-electron chi connectivity index (χ0n) is 8.07. The minimum absolute atomic E-state index is 0.918. The van der Waals surface area contributed by atoms with Crippen LogP contribution >= 0.6 is 0 Å². The Kier molecular flexibility index (Phi) is 9.47. The van der Waals surface area contributed by atoms with Gasteiger partial charge < -0.3 is 4.18 Å². The summed E-state index contributed by atoms with van der Waals surface area (Å²) in [5, 5.41) is 0. The van der Waals surface area contributed by atoms with Gasteiger partial charge in [-0.1, -0.05) is 32.6 Å². The van der Waals surface area contributed by atoms with Crippen LogP contribution in [0.4, 0.5) is 0 Å². The van der Waals surface area contributed by atoms with Gasteiger partial charge in [0.25, 0.3) is 0 Å². The highest BCUT2D eigenvalue weighted by atomic mass is 32.2. The van der Waals surface area contributed by atoms with Crippen LogP contribution in [0, 0.1) is 0 Å². The molecule has 0 rings (SSSR count). The summed E-state index contributed by atoms with van der Waals surface area (Å²) in [6.07, 6.45) is 10.1. The molecule has 1 unspecified atom stereocenters. The highest BCUT2D eigenvalue weighted by Crippen LogP contribution is 2.05. The van der Waals surface area contributed by atoms with Crippen LogP contribution in [0.2, 0.25) is 0 Å². The topological polar surface area (TPSA) is 46.5 Å². The second kappa shape index (κ2) is 9.74. The Morgan fingerprint density at radius 2 is 2.00 bits per heavy atom. The molecule has 0 bridgehead atoms. The van der Waals surface area contributed by atoms with Gasteiger partial charge in [-0.3, -0.25) is 4.55 Å². The maximum atomic E-state index is 10.0. The van der Waals surface area contributed by atoms with Crippen LogP contribution in [0.3, 0.4) is 0 Å². The number of rotatable bonds is 8. The molecule has 0 radical (unpaired) electrons. The number of allylic oxidation sites excluding steroid dienone is 1. The van der Waals surface area contributed by atoms with Gasteiger partial charge in [0, 0.05) is 0 Å². The molecule has 0 aliphatic rings. The molecule has 0 aromatic rings. The average molecular weight is 206 g/mol. The molecule has 0 fully saturated rings. The molecule has 78 valence electrons. The highest BCUT2D eigenvalue weighted by molar-refractivity contribution is 7.74. The molecule has 0 heterocycles. The van der Waals surface area contributed by atoms with Gasteiger partial charge in [0.05, 0.1) is 0 Å². The van der Waals surface area contributed by atoms with Gasteiger partial charge in [-0.2, -0.15) is 4.21 Å². The van der Waals surface area contributed by atoms with Crippen molar-refractivity contribution in [2.45, 2.75) is 45.4 Å². The summed E-state index contributed by atoms with van der Waals surface area (Å²) in [7, 11) is 0. The summed E-state index contributed by atoms with van der Waals surface area (Å²) in [5.41, 5.74) is 0. The summed E-state index contributed by atoms with van der Waals surface area (Å²) < 4.78 is 22.6. The minimum atomic E-state index is -2.16. The Bertz CT molecular complexity index is 157. The van der Waals surface area contributed by atoms with Gasteiger partial charge in [0.2, 0.25) is 0 Å². The Morgan fingerprint density at radius 1 is 1.31 bits per heavy atom. The fourth-order valence-corrected chi connectivity index (χ4v) is 1.19. The van der Waals surface area contributed by atoms with E-state index < -0.39 is 11.4 Å². The van der Waals surface area contributed by atoms with Gasteiger partial charge in [0.1, 0.15) is 6.26 Å². The van der Waals surface area contributed by atoms with Gasteiger partial charge in [-0.15, -0.1) is 0 Å². The third-order valence-corrected chi connectivity index (χ3v) is 1.98. The largest absolute Gasteiger partial charge is 0.388 e. The van der Waals surface area contributed by atoms with E-state index in [0.29, 0.717) is 0 Å². The first-order chi connectivity index (χ1) is 6.27. The molecule has 0 aliphatic carbocycles. The lowest BCUT2D eigenvalue weighted by molar-refractivity contribution is 0.418. The second-order valence-corrected chi connectivity index (χ2v) is 3.51. The molecule has 0 spiro atoms. The lowest BCUT2D eigenvalue weighted by Crippen LogP contribution is -1.85. The van der Waals surface area contributed by atoms with Crippen LogP contribution in [0.1, 0.15) is 45.4 Å². The van der Waals surface area contributed by atoms with E-state index in [1.165, 1.54) is 31.9 Å². The zero-order valence-corrected chi connectivity index (χ0v) is 8.89. The summed E-state index contributed by atoms with van der Waals surface area (Å²) in [5.74, 6) is 0. The number of hydrogen-bond donors (Lipinski definition) is 1. The third-order valence-electron chi connectivity index (χ3n) is 1.71. The second-order valence-electron chi connectivity index (χ2n) is 2.89. The van der Waals surface area contributed by atoms with Gasteiger partial charge in [-0.25, -0.2) is 0 Å². The summed E-state index contributed by atoms with van der Waals surface area (Å²) in [6, 6.07) is 0. The van der Waals surface area contributed by atoms with Crippen LogP contribution in [0.25, 0.3) is 0 Å². The molecule has 3 nitrogen and oxygen atoms in total. The fraction of sp³-hybridized carbons (Fsp3) is 0.778. The molecule has 0 saturated heterocycles. The van der Waals surface area contributed by atoms with Gasteiger partial charge >= 0.3 is 11.4 Å². The first-order valence-electron chi connectivity index (χ1n) is 4.70. The zero-order chi connectivity index (χ0) is 9.94. The van der Waals surface area contributed by atoms with E-state index in [1.807, 2.05) is 0 Å². The smallest absolute Gasteiger partial charge is 0.356 e. The van der Waals surface area contributed by atoms with Crippen LogP contribution < -0.4 is 0 Å². The maximum Gasteiger partial charge on any atom is 0.356 e. The van der Waals surface area contributed by atoms with Gasteiger partial charge in [0.15, 0.2) is 0 Å². The summed E-state index contributed by atoms with van der Waals surface area (Å²) in [6.45, 7) is 2.18. The fourth-order valence-electron chi connectivity index (χ4n) is 1.02. The first kappa shape index (κ1) is 12.7. The van der Waals surface area contributed by atoms with Crippen LogP contribution in [0.5, 0.6) is 0 Å². The Morgan fingerprint density at radius 3 is 2.62 bits per heavy atom. The van der Waals surface area contributed by atoms with Crippen molar-refractivity contribution in [3.8, 4) is 0 Å². The molecule has 1 atom stereocenters. The first-order valence-corrected chi connectivity index (χ1v) is 5.73. The van der Waals surface area contributed by atoms with Crippen molar-refractivity contribution in [2.75, 3.05) is 0 Å². The van der Waals surface area contributed by atoms with E-state index in [0.717, 1.165) is 12.8 Å². The molecule has 0 aliphatic heterocycles. The van der Waals surface area contributed by atoms with Crippen LogP contribution in [-0.4, -0.2) is 8.76 Å². The maximum absolute atomic E-state index is 10.0.